The topological polar surface area (TPSA) is 121 Å². The molecule has 2 rings (SSSR count). The lowest BCUT2D eigenvalue weighted by molar-refractivity contribution is -0.139. The molecule has 2 N–H and O–H groups in total. The third-order valence-corrected chi connectivity index (χ3v) is 5.47. The number of methoxy groups -OCH3 is 4. The van der Waals surface area contributed by atoms with E-state index in [0.717, 1.165) is 6.42 Å². The van der Waals surface area contributed by atoms with E-state index in [1.807, 2.05) is 0 Å². The van der Waals surface area contributed by atoms with Crippen molar-refractivity contribution in [2.24, 2.45) is 5.92 Å². The van der Waals surface area contributed by atoms with Gasteiger partial charge in [0, 0.05) is 30.0 Å². The number of Topliss-reactive ketones (excluding diaryl/α,β-unsaturated/α-hetero) is 1. The number of ketones is 1. The van der Waals surface area contributed by atoms with Gasteiger partial charge in [-0.2, -0.15) is 0 Å². The second-order valence-electron chi connectivity index (χ2n) is 8.42. The number of ether oxygens (including phenoxy) is 5. The number of phenols is 1. The predicted molar refractivity (Wildman–Crippen MR) is 129 cm³/mol. The summed E-state index contributed by atoms with van der Waals surface area (Å²) in [5.74, 6) is 0.461. The first-order valence-electron chi connectivity index (χ1n) is 11.2. The number of phenolic OH excluding ortho intramolecular Hbond substituents is 1. The van der Waals surface area contributed by atoms with Crippen molar-refractivity contribution in [3.8, 4) is 34.5 Å². The average molecular weight is 491 g/mol. The molecule has 2 aromatic rings. The standard InChI is InChI=1S/C26H34O9/c1-15(2)7-8-18-20(31-3)13-21(32-4)19(26(18)35-14-24(28)29)12-17(27)9-16-10-22(33-5)25(30)23(11-16)34-6/h10-11,13,15,30H,7-9,12,14H2,1-6H3,(H,28,29). The smallest absolute Gasteiger partial charge is 0.341 e. The van der Waals surface area contributed by atoms with E-state index in [4.69, 9.17) is 23.7 Å². The summed E-state index contributed by atoms with van der Waals surface area (Å²) in [5.41, 5.74) is 1.73. The van der Waals surface area contributed by atoms with Gasteiger partial charge in [-0.15, -0.1) is 0 Å². The lowest BCUT2D eigenvalue weighted by atomic mass is 9.94. The van der Waals surface area contributed by atoms with Crippen molar-refractivity contribution in [2.45, 2.75) is 39.5 Å². The van der Waals surface area contributed by atoms with Crippen LogP contribution in [-0.4, -0.2) is 57.0 Å². The first-order valence-corrected chi connectivity index (χ1v) is 11.2. The van der Waals surface area contributed by atoms with Gasteiger partial charge < -0.3 is 33.9 Å². The molecule has 192 valence electrons. The van der Waals surface area contributed by atoms with E-state index < -0.39 is 12.6 Å². The minimum atomic E-state index is -1.14. The molecule has 2 aromatic carbocycles. The Bertz CT molecular complexity index is 1020. The Morgan fingerprint density at radius 3 is 1.86 bits per heavy atom. The van der Waals surface area contributed by atoms with Gasteiger partial charge in [-0.05, 0) is 36.5 Å². The fraction of sp³-hybridized carbons (Fsp3) is 0.462. The average Bonchev–Trinajstić information content (AvgIpc) is 2.82. The van der Waals surface area contributed by atoms with Crippen LogP contribution in [0.25, 0.3) is 0 Å². The minimum Gasteiger partial charge on any atom is -0.502 e. The van der Waals surface area contributed by atoms with Crippen molar-refractivity contribution in [3.05, 3.63) is 34.9 Å². The van der Waals surface area contributed by atoms with Gasteiger partial charge in [0.25, 0.3) is 0 Å². The molecule has 0 spiro atoms. The van der Waals surface area contributed by atoms with Gasteiger partial charge in [-0.25, -0.2) is 4.79 Å². The number of rotatable bonds is 14. The Labute approximate surface area is 205 Å². The summed E-state index contributed by atoms with van der Waals surface area (Å²) < 4.78 is 27.1. The summed E-state index contributed by atoms with van der Waals surface area (Å²) in [6, 6.07) is 4.83. The Morgan fingerprint density at radius 1 is 0.829 bits per heavy atom. The molecule has 0 aliphatic carbocycles. The molecule has 0 unspecified atom stereocenters. The number of carbonyl (C=O) groups is 2. The molecule has 0 atom stereocenters. The van der Waals surface area contributed by atoms with Crippen LogP contribution in [0.1, 0.15) is 37.0 Å². The van der Waals surface area contributed by atoms with E-state index in [1.165, 1.54) is 28.4 Å². The van der Waals surface area contributed by atoms with Crippen LogP contribution >= 0.6 is 0 Å². The lowest BCUT2D eigenvalue weighted by Gasteiger charge is -2.21. The van der Waals surface area contributed by atoms with Crippen molar-refractivity contribution in [2.75, 3.05) is 35.0 Å². The van der Waals surface area contributed by atoms with Crippen molar-refractivity contribution in [1.29, 1.82) is 0 Å². The fourth-order valence-corrected chi connectivity index (χ4v) is 3.75. The summed E-state index contributed by atoms with van der Waals surface area (Å²) in [6.07, 6.45) is 1.34. The number of aromatic hydroxyl groups is 1. The van der Waals surface area contributed by atoms with Crippen molar-refractivity contribution in [1.82, 2.24) is 0 Å². The summed E-state index contributed by atoms with van der Waals surface area (Å²) in [6.45, 7) is 3.59. The molecule has 0 aliphatic rings. The zero-order valence-electron chi connectivity index (χ0n) is 21.1. The number of hydrogen-bond acceptors (Lipinski definition) is 8. The molecule has 0 amide bonds. The molecule has 0 heterocycles. The maximum atomic E-state index is 13.2. The number of benzene rings is 2. The van der Waals surface area contributed by atoms with Gasteiger partial charge in [0.05, 0.1) is 28.4 Å². The van der Waals surface area contributed by atoms with Gasteiger partial charge in [-0.3, -0.25) is 4.79 Å². The molecule has 0 aliphatic heterocycles. The van der Waals surface area contributed by atoms with E-state index in [9.17, 15) is 19.8 Å². The zero-order valence-corrected chi connectivity index (χ0v) is 21.1. The molecule has 0 radical (unpaired) electrons. The first kappa shape index (κ1) is 27.6. The molecule has 0 fully saturated rings. The number of carboxylic acids is 1. The molecule has 9 nitrogen and oxygen atoms in total. The first-order chi connectivity index (χ1) is 16.6. The number of hydrogen-bond donors (Lipinski definition) is 2. The normalized spacial score (nSPS) is 10.7. The zero-order chi connectivity index (χ0) is 26.1. The lowest BCUT2D eigenvalue weighted by Crippen LogP contribution is -2.16. The highest BCUT2D eigenvalue weighted by Gasteiger charge is 2.24. The van der Waals surface area contributed by atoms with Crippen molar-refractivity contribution < 1.29 is 43.5 Å². The van der Waals surface area contributed by atoms with E-state index in [0.29, 0.717) is 46.3 Å². The van der Waals surface area contributed by atoms with Crippen molar-refractivity contribution >= 4 is 11.8 Å². The van der Waals surface area contributed by atoms with Crippen LogP contribution in [0.3, 0.4) is 0 Å². The Kier molecular flexibility index (Phi) is 10.1. The molecule has 0 bridgehead atoms. The Balaban J connectivity index is 2.49. The number of aliphatic carboxylic acids is 1. The molecule has 0 saturated carbocycles. The number of carboxylic acid groups (broad SMARTS) is 1. The Morgan fingerprint density at radius 2 is 1.37 bits per heavy atom. The van der Waals surface area contributed by atoms with Gasteiger partial charge in [0.2, 0.25) is 5.75 Å². The third-order valence-electron chi connectivity index (χ3n) is 5.47. The highest BCUT2D eigenvalue weighted by Crippen LogP contribution is 2.41. The highest BCUT2D eigenvalue weighted by atomic mass is 16.5. The van der Waals surface area contributed by atoms with Gasteiger partial charge in [-0.1, -0.05) is 13.8 Å². The summed E-state index contributed by atoms with van der Waals surface area (Å²) in [5, 5.41) is 19.4. The van der Waals surface area contributed by atoms with E-state index in [2.05, 4.69) is 13.8 Å². The summed E-state index contributed by atoms with van der Waals surface area (Å²) in [4.78, 5) is 24.4. The van der Waals surface area contributed by atoms with Crippen LogP contribution in [0.5, 0.6) is 34.5 Å². The monoisotopic (exact) mass is 490 g/mol. The second kappa shape index (κ2) is 12.7. The van der Waals surface area contributed by atoms with Crippen LogP contribution in [0.4, 0.5) is 0 Å². The summed E-state index contributed by atoms with van der Waals surface area (Å²) >= 11 is 0. The largest absolute Gasteiger partial charge is 0.502 e. The predicted octanol–water partition coefficient (Wildman–Crippen LogP) is 3.83. The van der Waals surface area contributed by atoms with Crippen LogP contribution in [0, 0.1) is 5.92 Å². The van der Waals surface area contributed by atoms with Gasteiger partial charge >= 0.3 is 5.97 Å². The fourth-order valence-electron chi connectivity index (χ4n) is 3.75. The molecule has 0 aromatic heterocycles. The van der Waals surface area contributed by atoms with Gasteiger partial charge in [0.15, 0.2) is 18.1 Å². The Hall–Kier alpha value is -3.62. The summed E-state index contributed by atoms with van der Waals surface area (Å²) in [7, 11) is 5.80. The van der Waals surface area contributed by atoms with E-state index in [1.54, 1.807) is 18.2 Å². The second-order valence-corrected chi connectivity index (χ2v) is 8.42. The molecule has 9 heteroatoms. The molecule has 35 heavy (non-hydrogen) atoms. The van der Waals surface area contributed by atoms with Crippen LogP contribution in [0.2, 0.25) is 0 Å². The maximum Gasteiger partial charge on any atom is 0.341 e. The minimum absolute atomic E-state index is 0.0158. The SMILES string of the molecule is COc1cc(CC(=O)Cc2c(OC)cc(OC)c(CCC(C)C)c2OCC(=O)O)cc(OC)c1O. The van der Waals surface area contributed by atoms with Crippen LogP contribution in [0.15, 0.2) is 18.2 Å². The van der Waals surface area contributed by atoms with Crippen LogP contribution in [-0.2, 0) is 28.9 Å². The van der Waals surface area contributed by atoms with E-state index >= 15 is 0 Å². The quantitative estimate of drug-likeness (QED) is 0.407. The molecular weight excluding hydrogens is 456 g/mol. The number of carbonyl (C=O) groups excluding carboxylic acids is 1. The maximum absolute atomic E-state index is 13.2. The van der Waals surface area contributed by atoms with Crippen LogP contribution < -0.4 is 23.7 Å². The molecule has 0 saturated heterocycles. The van der Waals surface area contributed by atoms with Gasteiger partial charge in [0.1, 0.15) is 23.0 Å². The molecular formula is C26H34O9. The highest BCUT2D eigenvalue weighted by molar-refractivity contribution is 5.85. The third kappa shape index (κ3) is 7.18. The van der Waals surface area contributed by atoms with E-state index in [-0.39, 0.29) is 35.9 Å². The van der Waals surface area contributed by atoms with Crippen molar-refractivity contribution in [3.63, 3.8) is 0 Å².